The van der Waals surface area contributed by atoms with Crippen LogP contribution in [0.2, 0.25) is 0 Å². The molecule has 0 spiro atoms. The largest absolute Gasteiger partial charge is 0.388 e. The first-order valence-corrected chi connectivity index (χ1v) is 10.6. The molecule has 3 aliphatic rings. The number of hydrogen-bond acceptors (Lipinski definition) is 9. The van der Waals surface area contributed by atoms with Gasteiger partial charge in [-0.3, -0.25) is 14.9 Å². The van der Waals surface area contributed by atoms with E-state index in [0.29, 0.717) is 19.4 Å². The van der Waals surface area contributed by atoms with Gasteiger partial charge < -0.3 is 39.4 Å². The molecule has 11 heteroatoms. The summed E-state index contributed by atoms with van der Waals surface area (Å²) in [6.45, 7) is 3.03. The molecule has 3 rings (SSSR count). The molecule has 3 aliphatic heterocycles. The molecule has 3 heterocycles. The molecule has 172 valence electrons. The lowest BCUT2D eigenvalue weighted by Gasteiger charge is -2.39. The molecule has 3 fully saturated rings. The number of ether oxygens (including phenoxy) is 5. The number of aliphatic hydroxyl groups is 1. The molecular weight excluding hydrogens is 398 g/mol. The molecule has 3 saturated heterocycles. The van der Waals surface area contributed by atoms with Gasteiger partial charge in [0.15, 0.2) is 18.9 Å². The average Bonchev–Trinajstić information content (AvgIpc) is 2.72. The molecule has 11 nitrogen and oxygen atoms in total. The van der Waals surface area contributed by atoms with Crippen molar-refractivity contribution in [2.45, 2.75) is 69.8 Å². The maximum Gasteiger partial charge on any atom is 0.234 e. The molecule has 0 aliphatic carbocycles. The van der Waals surface area contributed by atoms with E-state index in [4.69, 9.17) is 23.7 Å². The van der Waals surface area contributed by atoms with E-state index in [1.807, 2.05) is 6.92 Å². The number of aliphatic hydroxyl groups excluding tert-OH is 1. The maximum absolute atomic E-state index is 11.8. The Morgan fingerprint density at radius 2 is 1.50 bits per heavy atom. The first-order valence-electron chi connectivity index (χ1n) is 10.6. The van der Waals surface area contributed by atoms with E-state index >= 15 is 0 Å². The number of nitrogens with one attached hydrogen (secondary N) is 3. The van der Waals surface area contributed by atoms with Crippen LogP contribution in [0.15, 0.2) is 0 Å². The van der Waals surface area contributed by atoms with Crippen LogP contribution < -0.4 is 16.0 Å². The highest BCUT2D eigenvalue weighted by Crippen LogP contribution is 2.28. The van der Waals surface area contributed by atoms with Crippen LogP contribution in [0, 0.1) is 0 Å². The van der Waals surface area contributed by atoms with Crippen LogP contribution >= 0.6 is 0 Å². The zero-order chi connectivity index (χ0) is 21.3. The van der Waals surface area contributed by atoms with E-state index in [9.17, 15) is 14.7 Å². The quantitative estimate of drug-likeness (QED) is 0.365. The van der Waals surface area contributed by atoms with Gasteiger partial charge in [-0.15, -0.1) is 0 Å². The summed E-state index contributed by atoms with van der Waals surface area (Å²) in [5.41, 5.74) is 0. The minimum atomic E-state index is -0.828. The van der Waals surface area contributed by atoms with Gasteiger partial charge in [0.05, 0.1) is 32.4 Å². The van der Waals surface area contributed by atoms with Gasteiger partial charge in [-0.05, 0) is 26.2 Å². The van der Waals surface area contributed by atoms with Gasteiger partial charge in [0, 0.05) is 19.5 Å². The third-order valence-electron chi connectivity index (χ3n) is 5.14. The zero-order valence-electron chi connectivity index (χ0n) is 17.3. The smallest absolute Gasteiger partial charge is 0.234 e. The van der Waals surface area contributed by atoms with Gasteiger partial charge in [0.1, 0.15) is 12.2 Å². The molecular formula is C19H33N3O8. The van der Waals surface area contributed by atoms with E-state index < -0.39 is 25.0 Å². The summed E-state index contributed by atoms with van der Waals surface area (Å²) in [6.07, 6.45) is -0.385. The number of carbonyl (C=O) groups excluding carboxylic acids is 2. The van der Waals surface area contributed by atoms with E-state index in [1.54, 1.807) is 0 Å². The van der Waals surface area contributed by atoms with Crippen LogP contribution in [0.5, 0.6) is 0 Å². The Labute approximate surface area is 176 Å². The average molecular weight is 431 g/mol. The maximum atomic E-state index is 11.8. The molecule has 0 aromatic rings. The number of amides is 2. The van der Waals surface area contributed by atoms with E-state index in [1.165, 1.54) is 0 Å². The van der Waals surface area contributed by atoms with Crippen LogP contribution in [0.25, 0.3) is 0 Å². The molecule has 2 amide bonds. The summed E-state index contributed by atoms with van der Waals surface area (Å²) in [5.74, 6) is -0.483. The Morgan fingerprint density at radius 1 is 0.833 bits per heavy atom. The van der Waals surface area contributed by atoms with Gasteiger partial charge in [-0.2, -0.15) is 0 Å². The summed E-state index contributed by atoms with van der Waals surface area (Å²) in [7, 11) is 0. The number of hydrogen-bond donors (Lipinski definition) is 4. The highest BCUT2D eigenvalue weighted by molar-refractivity contribution is 5.81. The van der Waals surface area contributed by atoms with Crippen molar-refractivity contribution in [3.05, 3.63) is 0 Å². The number of rotatable bonds is 0. The lowest BCUT2D eigenvalue weighted by molar-refractivity contribution is -0.335. The Hall–Kier alpha value is -1.34. The lowest BCUT2D eigenvalue weighted by atomic mass is 10.1. The van der Waals surface area contributed by atoms with Gasteiger partial charge in [0.2, 0.25) is 11.8 Å². The molecule has 0 radical (unpaired) electrons. The predicted octanol–water partition coefficient (Wildman–Crippen LogP) is -1.41. The van der Waals surface area contributed by atoms with Gasteiger partial charge in [-0.1, -0.05) is 0 Å². The highest BCUT2D eigenvalue weighted by atomic mass is 16.8. The molecule has 2 bridgehead atoms. The lowest BCUT2D eigenvalue weighted by Crippen LogP contribution is -2.48. The molecule has 0 unspecified atom stereocenters. The minimum absolute atomic E-state index is 0.0118. The fraction of sp³-hybridized carbons (Fsp3) is 0.895. The minimum Gasteiger partial charge on any atom is -0.388 e. The predicted molar refractivity (Wildman–Crippen MR) is 103 cm³/mol. The summed E-state index contributed by atoms with van der Waals surface area (Å²) in [5, 5.41) is 18.3. The third-order valence-corrected chi connectivity index (χ3v) is 5.14. The second kappa shape index (κ2) is 11.9. The Morgan fingerprint density at radius 3 is 2.20 bits per heavy atom. The van der Waals surface area contributed by atoms with Gasteiger partial charge >= 0.3 is 0 Å². The van der Waals surface area contributed by atoms with Crippen molar-refractivity contribution in [3.8, 4) is 0 Å². The second-order valence-electron chi connectivity index (χ2n) is 7.69. The van der Waals surface area contributed by atoms with E-state index in [2.05, 4.69) is 16.0 Å². The molecule has 30 heavy (non-hydrogen) atoms. The van der Waals surface area contributed by atoms with Gasteiger partial charge in [-0.25, -0.2) is 0 Å². The first-order chi connectivity index (χ1) is 14.5. The van der Waals surface area contributed by atoms with Crippen molar-refractivity contribution >= 4 is 11.8 Å². The summed E-state index contributed by atoms with van der Waals surface area (Å²) in [4.78, 5) is 23.6. The van der Waals surface area contributed by atoms with Crippen LogP contribution in [-0.4, -0.2) is 93.5 Å². The van der Waals surface area contributed by atoms with Crippen LogP contribution in [0.3, 0.4) is 0 Å². The normalized spacial score (nSPS) is 38.2. The molecule has 0 saturated carbocycles. The second-order valence-corrected chi connectivity index (χ2v) is 7.69. The monoisotopic (exact) mass is 431 g/mol. The third kappa shape index (κ3) is 7.41. The van der Waals surface area contributed by atoms with E-state index in [0.717, 1.165) is 12.8 Å². The van der Waals surface area contributed by atoms with Crippen molar-refractivity contribution in [2.24, 2.45) is 0 Å². The van der Waals surface area contributed by atoms with Crippen molar-refractivity contribution in [1.82, 2.24) is 16.0 Å². The highest BCUT2D eigenvalue weighted by Gasteiger charge is 2.37. The molecule has 4 N–H and O–H groups in total. The first kappa shape index (κ1) is 23.3. The van der Waals surface area contributed by atoms with Crippen LogP contribution in [-0.2, 0) is 33.3 Å². The van der Waals surface area contributed by atoms with Crippen molar-refractivity contribution in [1.29, 1.82) is 0 Å². The van der Waals surface area contributed by atoms with E-state index in [-0.39, 0.29) is 56.9 Å². The van der Waals surface area contributed by atoms with Gasteiger partial charge in [0.25, 0.3) is 0 Å². The fourth-order valence-corrected chi connectivity index (χ4v) is 3.54. The van der Waals surface area contributed by atoms with Crippen molar-refractivity contribution < 1.29 is 38.4 Å². The van der Waals surface area contributed by atoms with Crippen LogP contribution in [0.1, 0.15) is 32.6 Å². The summed E-state index contributed by atoms with van der Waals surface area (Å²) in [6, 6.07) is 0. The Kier molecular flexibility index (Phi) is 9.25. The molecule has 0 aromatic heterocycles. The van der Waals surface area contributed by atoms with Crippen LogP contribution in [0.4, 0.5) is 0 Å². The van der Waals surface area contributed by atoms with Crippen molar-refractivity contribution in [3.63, 3.8) is 0 Å². The van der Waals surface area contributed by atoms with Crippen molar-refractivity contribution in [2.75, 3.05) is 39.4 Å². The number of fused-ring (bicyclic) bond motifs is 3. The summed E-state index contributed by atoms with van der Waals surface area (Å²) < 4.78 is 29.2. The zero-order valence-corrected chi connectivity index (χ0v) is 17.3. The molecule has 0 aromatic carbocycles. The standard InChI is InChI=1S/C19H33N3O8/c1-12-2-4-14-19(28-12)27-9-7-22-16(25)11-20-10-15(24)21-6-8-26-18-13(23)3-5-17(29-14)30-18/h12-14,17-20,23H,2-11H2,1H3,(H,21,24)(H,22,25)/t12-,13-,14-,17+,18+,19+/m0/s1. The Balaban J connectivity index is 1.60. The molecule has 6 atom stereocenters. The topological polar surface area (TPSA) is 137 Å². The SMILES string of the molecule is C[C@H]1CC[C@@H]2O[C@H]3CC[C@H](O)[C@H](OCCNC(=O)CNCC(=O)NCCO[C@@H]2O1)O3. The number of carbonyl (C=O) groups is 2. The fourth-order valence-electron chi connectivity index (χ4n) is 3.54. The Bertz CT molecular complexity index is 566. The summed E-state index contributed by atoms with van der Waals surface area (Å²) >= 11 is 0.